The first-order chi connectivity index (χ1) is 13.5. The monoisotopic (exact) mass is 399 g/mol. The third kappa shape index (κ3) is 4.30. The van der Waals surface area contributed by atoms with Gasteiger partial charge < -0.3 is 5.32 Å². The number of carbonyl (C=O) groups excluding carboxylic acids is 1. The lowest BCUT2D eigenvalue weighted by molar-refractivity contribution is -0.116. The van der Waals surface area contributed by atoms with Crippen LogP contribution in [0.25, 0.3) is 5.65 Å². The van der Waals surface area contributed by atoms with Crippen molar-refractivity contribution < 1.29 is 13.2 Å². The molecule has 4 rings (SSSR count). The maximum Gasteiger partial charge on any atom is 0.249 e. The molecule has 1 aliphatic heterocycles. The molecule has 146 valence electrons. The van der Waals surface area contributed by atoms with Crippen molar-refractivity contribution >= 4 is 33.2 Å². The number of hydrogen-bond donors (Lipinski definition) is 2. The largest absolute Gasteiger partial charge is 0.366 e. The maximum atomic E-state index is 12.2. The molecule has 1 unspecified atom stereocenters. The van der Waals surface area contributed by atoms with Gasteiger partial charge in [0.25, 0.3) is 0 Å². The molecule has 3 heterocycles. The molecule has 2 N–H and O–H groups in total. The molecule has 1 atom stereocenters. The molecule has 1 saturated heterocycles. The summed E-state index contributed by atoms with van der Waals surface area (Å²) in [5.74, 6) is 0.804. The van der Waals surface area contributed by atoms with E-state index in [1.54, 1.807) is 10.6 Å². The van der Waals surface area contributed by atoms with Crippen LogP contribution in [0.4, 0.5) is 11.8 Å². The van der Waals surface area contributed by atoms with Crippen LogP contribution in [-0.4, -0.2) is 40.4 Å². The number of amides is 1. The van der Waals surface area contributed by atoms with Crippen LogP contribution in [0.1, 0.15) is 18.4 Å². The number of benzene rings is 1. The van der Waals surface area contributed by atoms with E-state index in [1.807, 2.05) is 42.5 Å². The zero-order valence-electron chi connectivity index (χ0n) is 15.2. The van der Waals surface area contributed by atoms with Crippen molar-refractivity contribution in [3.8, 4) is 0 Å². The van der Waals surface area contributed by atoms with E-state index in [1.165, 1.54) is 0 Å². The standard InChI is InChI=1S/C19H21N5O3S/c25-18(11-15-9-10-28(26,27)13-15)22-19-21-17-8-4-7-16(24(17)23-19)20-12-14-5-2-1-3-6-14/h1-8,15,20H,9-13H2,(H,22,23,25). The summed E-state index contributed by atoms with van der Waals surface area (Å²) in [7, 11) is -2.99. The lowest BCUT2D eigenvalue weighted by Gasteiger charge is -2.07. The molecule has 2 aromatic heterocycles. The van der Waals surface area contributed by atoms with Gasteiger partial charge in [0.05, 0.1) is 11.5 Å². The number of fused-ring (bicyclic) bond motifs is 1. The molecule has 3 aromatic rings. The Balaban J connectivity index is 1.43. The first kappa shape index (κ1) is 18.4. The van der Waals surface area contributed by atoms with Crippen molar-refractivity contribution in [2.75, 3.05) is 22.1 Å². The quantitative estimate of drug-likeness (QED) is 0.658. The lowest BCUT2D eigenvalue weighted by atomic mass is 10.1. The molecule has 0 bridgehead atoms. The van der Waals surface area contributed by atoms with Crippen LogP contribution >= 0.6 is 0 Å². The van der Waals surface area contributed by atoms with Crippen LogP contribution in [0.3, 0.4) is 0 Å². The topological polar surface area (TPSA) is 105 Å². The Bertz CT molecular complexity index is 1100. The van der Waals surface area contributed by atoms with E-state index in [-0.39, 0.29) is 35.7 Å². The zero-order valence-corrected chi connectivity index (χ0v) is 16.0. The summed E-state index contributed by atoms with van der Waals surface area (Å²) < 4.78 is 24.7. The van der Waals surface area contributed by atoms with Crippen LogP contribution in [0.2, 0.25) is 0 Å². The number of nitrogens with zero attached hydrogens (tertiary/aromatic N) is 3. The number of pyridine rings is 1. The van der Waals surface area contributed by atoms with E-state index in [2.05, 4.69) is 20.7 Å². The van der Waals surface area contributed by atoms with Gasteiger partial charge in [-0.25, -0.2) is 8.42 Å². The minimum atomic E-state index is -2.99. The second-order valence-corrected chi connectivity index (χ2v) is 9.21. The van der Waals surface area contributed by atoms with E-state index in [0.717, 1.165) is 11.4 Å². The predicted molar refractivity (Wildman–Crippen MR) is 107 cm³/mol. The molecule has 0 aliphatic carbocycles. The molecular formula is C19H21N5O3S. The van der Waals surface area contributed by atoms with Gasteiger partial charge in [0.1, 0.15) is 5.82 Å². The third-order valence-corrected chi connectivity index (χ3v) is 6.57. The summed E-state index contributed by atoms with van der Waals surface area (Å²) in [6, 6.07) is 15.6. The number of sulfone groups is 1. The molecule has 0 radical (unpaired) electrons. The third-order valence-electron chi connectivity index (χ3n) is 4.73. The first-order valence-corrected chi connectivity index (χ1v) is 10.9. The molecule has 1 aromatic carbocycles. The number of aromatic nitrogens is 3. The molecule has 8 nitrogen and oxygen atoms in total. The second kappa shape index (κ2) is 7.59. The number of carbonyl (C=O) groups is 1. The van der Waals surface area contributed by atoms with Gasteiger partial charge in [-0.05, 0) is 30.0 Å². The van der Waals surface area contributed by atoms with E-state index in [0.29, 0.717) is 18.6 Å². The summed E-state index contributed by atoms with van der Waals surface area (Å²) in [5.41, 5.74) is 1.75. The molecule has 0 saturated carbocycles. The van der Waals surface area contributed by atoms with E-state index < -0.39 is 9.84 Å². The average molecular weight is 399 g/mol. The molecule has 1 fully saturated rings. The van der Waals surface area contributed by atoms with Crippen molar-refractivity contribution in [3.63, 3.8) is 0 Å². The van der Waals surface area contributed by atoms with Crippen LogP contribution < -0.4 is 10.6 Å². The van der Waals surface area contributed by atoms with E-state index in [4.69, 9.17) is 0 Å². The lowest BCUT2D eigenvalue weighted by Crippen LogP contribution is -2.18. The normalized spacial score (nSPS) is 18.2. The molecule has 9 heteroatoms. The predicted octanol–water partition coefficient (Wildman–Crippen LogP) is 2.10. The highest BCUT2D eigenvalue weighted by molar-refractivity contribution is 7.91. The van der Waals surface area contributed by atoms with Gasteiger partial charge in [0, 0.05) is 13.0 Å². The summed E-state index contributed by atoms with van der Waals surface area (Å²) >= 11 is 0. The minimum Gasteiger partial charge on any atom is -0.366 e. The Morgan fingerprint density at radius 2 is 1.96 bits per heavy atom. The van der Waals surface area contributed by atoms with Crippen molar-refractivity contribution in [2.45, 2.75) is 19.4 Å². The maximum absolute atomic E-state index is 12.2. The SMILES string of the molecule is O=C(CC1CCS(=O)(=O)C1)Nc1nc2cccc(NCc3ccccc3)n2n1. The van der Waals surface area contributed by atoms with Crippen molar-refractivity contribution in [1.82, 2.24) is 14.6 Å². The average Bonchev–Trinajstić information content (AvgIpc) is 3.22. The number of hydrogen-bond acceptors (Lipinski definition) is 6. The van der Waals surface area contributed by atoms with Crippen LogP contribution in [-0.2, 0) is 21.2 Å². The van der Waals surface area contributed by atoms with Crippen molar-refractivity contribution in [2.24, 2.45) is 5.92 Å². The Hall–Kier alpha value is -2.94. The van der Waals surface area contributed by atoms with Gasteiger partial charge in [-0.3, -0.25) is 10.1 Å². The summed E-state index contributed by atoms with van der Waals surface area (Å²) in [4.78, 5) is 16.6. The van der Waals surface area contributed by atoms with Crippen molar-refractivity contribution in [3.05, 3.63) is 54.1 Å². The molecule has 0 spiro atoms. The van der Waals surface area contributed by atoms with Gasteiger partial charge >= 0.3 is 0 Å². The van der Waals surface area contributed by atoms with E-state index in [9.17, 15) is 13.2 Å². The summed E-state index contributed by atoms with van der Waals surface area (Å²) in [5, 5.41) is 10.4. The number of anilines is 2. The molecule has 1 amide bonds. The van der Waals surface area contributed by atoms with Gasteiger partial charge in [-0.2, -0.15) is 9.50 Å². The zero-order chi connectivity index (χ0) is 19.6. The Morgan fingerprint density at radius 1 is 1.14 bits per heavy atom. The summed E-state index contributed by atoms with van der Waals surface area (Å²) in [6.45, 7) is 0.637. The van der Waals surface area contributed by atoms with Gasteiger partial charge in [-0.1, -0.05) is 36.4 Å². The fraction of sp³-hybridized carbons (Fsp3) is 0.316. The number of nitrogens with one attached hydrogen (secondary N) is 2. The van der Waals surface area contributed by atoms with Crippen LogP contribution in [0, 0.1) is 5.92 Å². The Morgan fingerprint density at radius 3 is 2.71 bits per heavy atom. The van der Waals surface area contributed by atoms with Gasteiger partial charge in [0.2, 0.25) is 11.9 Å². The smallest absolute Gasteiger partial charge is 0.249 e. The molecule has 28 heavy (non-hydrogen) atoms. The fourth-order valence-electron chi connectivity index (χ4n) is 3.35. The Labute approximate surface area is 162 Å². The molecular weight excluding hydrogens is 378 g/mol. The highest BCUT2D eigenvalue weighted by Crippen LogP contribution is 2.22. The van der Waals surface area contributed by atoms with Crippen LogP contribution in [0.15, 0.2) is 48.5 Å². The van der Waals surface area contributed by atoms with Gasteiger partial charge in [0.15, 0.2) is 15.5 Å². The number of rotatable bonds is 6. The first-order valence-electron chi connectivity index (χ1n) is 9.12. The van der Waals surface area contributed by atoms with E-state index >= 15 is 0 Å². The fourth-order valence-corrected chi connectivity index (χ4v) is 5.21. The Kier molecular flexibility index (Phi) is 4.99. The van der Waals surface area contributed by atoms with Gasteiger partial charge in [-0.15, -0.1) is 5.10 Å². The molecule has 1 aliphatic rings. The minimum absolute atomic E-state index is 0.0760. The second-order valence-electron chi connectivity index (χ2n) is 6.98. The van der Waals surface area contributed by atoms with Crippen LogP contribution in [0.5, 0.6) is 0 Å². The highest BCUT2D eigenvalue weighted by Gasteiger charge is 2.29. The summed E-state index contributed by atoms with van der Waals surface area (Å²) in [6.07, 6.45) is 0.690. The van der Waals surface area contributed by atoms with Crippen molar-refractivity contribution in [1.29, 1.82) is 0 Å². The highest BCUT2D eigenvalue weighted by atomic mass is 32.2.